The Hall–Kier alpha value is -1.10. The highest BCUT2D eigenvalue weighted by atomic mass is 16.5. The molecule has 1 saturated heterocycles. The molecule has 4 heteroatoms. The second kappa shape index (κ2) is 7.07. The monoisotopic (exact) mass is 277 g/mol. The molecule has 20 heavy (non-hydrogen) atoms. The molecule has 0 spiro atoms. The van der Waals surface area contributed by atoms with E-state index >= 15 is 0 Å². The summed E-state index contributed by atoms with van der Waals surface area (Å²) in [6, 6.07) is 8.78. The summed E-state index contributed by atoms with van der Waals surface area (Å²) in [5, 5.41) is 0. The van der Waals surface area contributed by atoms with Gasteiger partial charge in [0.1, 0.15) is 5.75 Å². The van der Waals surface area contributed by atoms with E-state index in [0.717, 1.165) is 30.9 Å². The lowest BCUT2D eigenvalue weighted by Crippen LogP contribution is -2.44. The highest BCUT2D eigenvalue weighted by Crippen LogP contribution is 2.25. The van der Waals surface area contributed by atoms with Crippen molar-refractivity contribution in [2.24, 2.45) is 5.73 Å². The smallest absolute Gasteiger partial charge is 0.123 e. The van der Waals surface area contributed by atoms with Crippen LogP contribution in [0.4, 0.5) is 0 Å². The van der Waals surface area contributed by atoms with Gasteiger partial charge in [-0.3, -0.25) is 0 Å². The van der Waals surface area contributed by atoms with E-state index in [1.54, 1.807) is 7.11 Å². The minimum absolute atomic E-state index is 0.0158. The summed E-state index contributed by atoms with van der Waals surface area (Å²) >= 11 is 0. The van der Waals surface area contributed by atoms with Gasteiger partial charge in [0.25, 0.3) is 0 Å². The van der Waals surface area contributed by atoms with Crippen molar-refractivity contribution in [3.63, 3.8) is 0 Å². The molecule has 2 rings (SSSR count). The van der Waals surface area contributed by atoms with Crippen molar-refractivity contribution in [2.45, 2.75) is 24.9 Å². The van der Waals surface area contributed by atoms with Gasteiger partial charge in [0.05, 0.1) is 7.11 Å². The molecule has 1 atom stereocenters. The quantitative estimate of drug-likeness (QED) is 0.890. The lowest BCUT2D eigenvalue weighted by Gasteiger charge is -2.36. The van der Waals surface area contributed by atoms with Gasteiger partial charge in [0, 0.05) is 24.2 Å². The summed E-state index contributed by atoms with van der Waals surface area (Å²) in [5.41, 5.74) is 7.47. The molecular weight excluding hydrogens is 250 g/mol. The van der Waals surface area contributed by atoms with E-state index in [-0.39, 0.29) is 6.04 Å². The number of likely N-dealkylation sites (tertiary alicyclic amines) is 1. The van der Waals surface area contributed by atoms with Crippen LogP contribution in [-0.2, 0) is 0 Å². The summed E-state index contributed by atoms with van der Waals surface area (Å²) in [7, 11) is 6.04. The van der Waals surface area contributed by atoms with Crippen molar-refractivity contribution < 1.29 is 4.74 Å². The molecule has 0 aromatic heterocycles. The maximum atomic E-state index is 6.36. The minimum Gasteiger partial charge on any atom is -0.496 e. The van der Waals surface area contributed by atoms with Crippen molar-refractivity contribution >= 4 is 0 Å². The number of methoxy groups -OCH3 is 1. The highest BCUT2D eigenvalue weighted by Gasteiger charge is 2.22. The van der Waals surface area contributed by atoms with Gasteiger partial charge in [0.15, 0.2) is 0 Å². The van der Waals surface area contributed by atoms with E-state index in [4.69, 9.17) is 10.5 Å². The zero-order valence-corrected chi connectivity index (χ0v) is 12.9. The lowest BCUT2D eigenvalue weighted by atomic mass is 10.0. The van der Waals surface area contributed by atoms with Crippen LogP contribution >= 0.6 is 0 Å². The van der Waals surface area contributed by atoms with Gasteiger partial charge in [-0.15, -0.1) is 0 Å². The molecule has 1 aromatic rings. The average molecular weight is 277 g/mol. The Bertz CT molecular complexity index is 414. The molecule has 2 N–H and O–H groups in total. The fourth-order valence-corrected chi connectivity index (χ4v) is 2.97. The average Bonchev–Trinajstić information content (AvgIpc) is 2.47. The van der Waals surface area contributed by atoms with E-state index in [1.807, 2.05) is 18.2 Å². The minimum atomic E-state index is 0.0158. The second-order valence-electron chi connectivity index (χ2n) is 5.84. The fraction of sp³-hybridized carbons (Fsp3) is 0.625. The van der Waals surface area contributed by atoms with Gasteiger partial charge in [-0.25, -0.2) is 0 Å². The summed E-state index contributed by atoms with van der Waals surface area (Å²) < 4.78 is 5.40. The number of nitrogens with zero attached hydrogens (tertiary/aromatic N) is 2. The van der Waals surface area contributed by atoms with Crippen LogP contribution in [0.25, 0.3) is 0 Å². The van der Waals surface area contributed by atoms with Crippen LogP contribution in [0.3, 0.4) is 0 Å². The molecule has 1 aliphatic heterocycles. The maximum absolute atomic E-state index is 6.36. The molecule has 4 nitrogen and oxygen atoms in total. The third-order valence-corrected chi connectivity index (χ3v) is 4.28. The molecule has 1 aliphatic rings. The van der Waals surface area contributed by atoms with Crippen LogP contribution in [-0.4, -0.2) is 56.7 Å². The van der Waals surface area contributed by atoms with E-state index < -0.39 is 0 Å². The Morgan fingerprint density at radius 2 is 1.95 bits per heavy atom. The first kappa shape index (κ1) is 15.3. The van der Waals surface area contributed by atoms with Crippen molar-refractivity contribution in [1.82, 2.24) is 9.80 Å². The number of hydrogen-bond acceptors (Lipinski definition) is 4. The van der Waals surface area contributed by atoms with E-state index in [1.165, 1.54) is 12.8 Å². The predicted octanol–water partition coefficient (Wildman–Crippen LogP) is 1.72. The SMILES string of the molecule is COc1ccccc1C(N)CN1CCC(N(C)C)CC1. The second-order valence-corrected chi connectivity index (χ2v) is 5.84. The molecule has 0 aliphatic carbocycles. The lowest BCUT2D eigenvalue weighted by molar-refractivity contribution is 0.139. The Labute approximate surface area is 122 Å². The number of piperidine rings is 1. The van der Waals surface area contributed by atoms with Crippen LogP contribution in [0.2, 0.25) is 0 Å². The molecule has 1 fully saturated rings. The van der Waals surface area contributed by atoms with Crippen LogP contribution in [0, 0.1) is 0 Å². The van der Waals surface area contributed by atoms with Crippen molar-refractivity contribution in [1.29, 1.82) is 0 Å². The maximum Gasteiger partial charge on any atom is 0.123 e. The van der Waals surface area contributed by atoms with Crippen LogP contribution in [0.5, 0.6) is 5.75 Å². The van der Waals surface area contributed by atoms with Crippen LogP contribution < -0.4 is 10.5 Å². The summed E-state index contributed by atoms with van der Waals surface area (Å²) in [4.78, 5) is 4.80. The molecule has 0 bridgehead atoms. The van der Waals surface area contributed by atoms with Gasteiger partial charge < -0.3 is 20.3 Å². The standard InChI is InChI=1S/C16H27N3O/c1-18(2)13-8-10-19(11-9-13)12-15(17)14-6-4-5-7-16(14)20-3/h4-7,13,15H,8-12,17H2,1-3H3. The van der Waals surface area contributed by atoms with Crippen LogP contribution in [0.1, 0.15) is 24.4 Å². The molecule has 0 radical (unpaired) electrons. The zero-order chi connectivity index (χ0) is 14.5. The molecular formula is C16H27N3O. The van der Waals surface area contributed by atoms with Gasteiger partial charge in [-0.2, -0.15) is 0 Å². The molecule has 0 saturated carbocycles. The zero-order valence-electron chi connectivity index (χ0n) is 12.9. The van der Waals surface area contributed by atoms with Gasteiger partial charge >= 0.3 is 0 Å². The number of nitrogens with two attached hydrogens (primary N) is 1. The van der Waals surface area contributed by atoms with E-state index in [2.05, 4.69) is 30.0 Å². The first-order valence-corrected chi connectivity index (χ1v) is 7.39. The Kier molecular flexibility index (Phi) is 5.40. The first-order chi connectivity index (χ1) is 9.61. The normalized spacial score (nSPS) is 19.2. The summed E-state index contributed by atoms with van der Waals surface area (Å²) in [6.07, 6.45) is 2.46. The Balaban J connectivity index is 1.91. The van der Waals surface area contributed by atoms with E-state index in [0.29, 0.717) is 6.04 Å². The number of hydrogen-bond donors (Lipinski definition) is 1. The molecule has 112 valence electrons. The number of rotatable bonds is 5. The summed E-state index contributed by atoms with van der Waals surface area (Å²) in [5.74, 6) is 0.892. The fourth-order valence-electron chi connectivity index (χ4n) is 2.97. The van der Waals surface area contributed by atoms with Gasteiger partial charge in [-0.1, -0.05) is 18.2 Å². The van der Waals surface area contributed by atoms with E-state index in [9.17, 15) is 0 Å². The van der Waals surface area contributed by atoms with Gasteiger partial charge in [-0.05, 0) is 46.1 Å². The molecule has 1 unspecified atom stereocenters. The predicted molar refractivity (Wildman–Crippen MR) is 83.1 cm³/mol. The van der Waals surface area contributed by atoms with Crippen molar-refractivity contribution in [2.75, 3.05) is 40.8 Å². The number of benzene rings is 1. The Morgan fingerprint density at radius 1 is 1.30 bits per heavy atom. The molecule has 0 amide bonds. The summed E-state index contributed by atoms with van der Waals surface area (Å²) in [6.45, 7) is 3.16. The number of ether oxygens (including phenoxy) is 1. The van der Waals surface area contributed by atoms with Crippen LogP contribution in [0.15, 0.2) is 24.3 Å². The largest absolute Gasteiger partial charge is 0.496 e. The highest BCUT2D eigenvalue weighted by molar-refractivity contribution is 5.35. The molecule has 1 heterocycles. The topological polar surface area (TPSA) is 41.7 Å². The Morgan fingerprint density at radius 3 is 2.55 bits per heavy atom. The van der Waals surface area contributed by atoms with Crippen molar-refractivity contribution in [3.8, 4) is 5.75 Å². The van der Waals surface area contributed by atoms with Gasteiger partial charge in [0.2, 0.25) is 0 Å². The third kappa shape index (κ3) is 3.72. The third-order valence-electron chi connectivity index (χ3n) is 4.28. The van der Waals surface area contributed by atoms with Crippen molar-refractivity contribution in [3.05, 3.63) is 29.8 Å². The first-order valence-electron chi connectivity index (χ1n) is 7.39. The molecule has 1 aromatic carbocycles. The number of para-hydroxylation sites is 1.